The van der Waals surface area contributed by atoms with Crippen LogP contribution in [0.4, 0.5) is 0 Å². The van der Waals surface area contributed by atoms with Gasteiger partial charge in [0.25, 0.3) is 0 Å². The topological polar surface area (TPSA) is 47.3 Å². The van der Waals surface area contributed by atoms with Crippen molar-refractivity contribution in [3.63, 3.8) is 0 Å². The molecule has 0 saturated heterocycles. The largest absolute Gasteiger partial charge is 0.493 e. The molecule has 1 aromatic heterocycles. The maximum absolute atomic E-state index is 10.2. The number of aliphatic hydroxyl groups excluding tert-OH is 1. The molecule has 0 saturated carbocycles. The molecule has 0 spiro atoms. The van der Waals surface area contributed by atoms with Gasteiger partial charge in [0.05, 0.1) is 13.3 Å². The van der Waals surface area contributed by atoms with Crippen LogP contribution in [0.25, 0.3) is 0 Å². The Balaban J connectivity index is 2.73. The number of aliphatic hydroxyl groups is 1. The van der Waals surface area contributed by atoms with Gasteiger partial charge in [0.1, 0.15) is 11.8 Å². The predicted octanol–water partition coefficient (Wildman–Crippen LogP) is 2.48. The number of methoxy groups -OCH3 is 1. The Morgan fingerprint density at radius 3 is 2.88 bits per heavy atom. The van der Waals surface area contributed by atoms with Gasteiger partial charge in [0.2, 0.25) is 0 Å². The SMILES string of the molecule is CCCn1ncc(OC)c1C(O)CCSCC. The van der Waals surface area contributed by atoms with E-state index in [1.54, 1.807) is 13.3 Å². The summed E-state index contributed by atoms with van der Waals surface area (Å²) >= 11 is 1.84. The van der Waals surface area contributed by atoms with Crippen molar-refractivity contribution in [2.45, 2.75) is 39.3 Å². The third kappa shape index (κ3) is 3.92. The molecule has 1 aromatic rings. The van der Waals surface area contributed by atoms with E-state index >= 15 is 0 Å². The number of ether oxygens (including phenoxy) is 1. The first kappa shape index (κ1) is 14.4. The van der Waals surface area contributed by atoms with E-state index in [2.05, 4.69) is 18.9 Å². The molecule has 5 heteroatoms. The lowest BCUT2D eigenvalue weighted by Crippen LogP contribution is -2.11. The van der Waals surface area contributed by atoms with Crippen LogP contribution < -0.4 is 4.74 Å². The predicted molar refractivity (Wildman–Crippen MR) is 71.6 cm³/mol. The molecule has 0 aliphatic rings. The fraction of sp³-hybridized carbons (Fsp3) is 0.750. The van der Waals surface area contributed by atoms with E-state index in [1.165, 1.54) is 0 Å². The Hall–Kier alpha value is -0.680. The highest BCUT2D eigenvalue weighted by Crippen LogP contribution is 2.28. The number of rotatable bonds is 8. The normalized spacial score (nSPS) is 12.7. The zero-order valence-electron chi connectivity index (χ0n) is 10.8. The molecule has 17 heavy (non-hydrogen) atoms. The van der Waals surface area contributed by atoms with Crippen molar-refractivity contribution in [1.29, 1.82) is 0 Å². The Labute approximate surface area is 107 Å². The standard InChI is InChI=1S/C12H22N2O2S/c1-4-7-14-12(11(16-3)9-13-14)10(15)6-8-17-5-2/h9-10,15H,4-8H2,1-3H3. The summed E-state index contributed by atoms with van der Waals surface area (Å²) < 4.78 is 7.10. The van der Waals surface area contributed by atoms with Crippen LogP contribution in [-0.4, -0.2) is 33.5 Å². The zero-order valence-corrected chi connectivity index (χ0v) is 11.7. The first-order valence-electron chi connectivity index (χ1n) is 6.10. The van der Waals surface area contributed by atoms with Crippen LogP contribution in [0.2, 0.25) is 0 Å². The van der Waals surface area contributed by atoms with Gasteiger partial charge >= 0.3 is 0 Å². The molecule has 0 radical (unpaired) electrons. The first-order chi connectivity index (χ1) is 8.24. The molecule has 0 amide bonds. The van der Waals surface area contributed by atoms with Crippen molar-refractivity contribution in [2.75, 3.05) is 18.6 Å². The average Bonchev–Trinajstić information content (AvgIpc) is 2.73. The van der Waals surface area contributed by atoms with Crippen molar-refractivity contribution >= 4 is 11.8 Å². The quantitative estimate of drug-likeness (QED) is 0.728. The van der Waals surface area contributed by atoms with Crippen molar-refractivity contribution in [3.8, 4) is 5.75 Å². The van der Waals surface area contributed by atoms with Crippen LogP contribution in [0, 0.1) is 0 Å². The highest BCUT2D eigenvalue weighted by atomic mass is 32.2. The summed E-state index contributed by atoms with van der Waals surface area (Å²) in [5.74, 6) is 2.73. The van der Waals surface area contributed by atoms with E-state index in [1.807, 2.05) is 16.4 Å². The number of hydrogen-bond acceptors (Lipinski definition) is 4. The number of nitrogens with zero attached hydrogens (tertiary/aromatic N) is 2. The van der Waals surface area contributed by atoms with E-state index in [0.717, 1.165) is 36.6 Å². The van der Waals surface area contributed by atoms with Gasteiger partial charge in [-0.25, -0.2) is 0 Å². The summed E-state index contributed by atoms with van der Waals surface area (Å²) in [6.45, 7) is 5.03. The van der Waals surface area contributed by atoms with Crippen molar-refractivity contribution in [2.24, 2.45) is 0 Å². The minimum atomic E-state index is -0.488. The Morgan fingerprint density at radius 2 is 2.29 bits per heavy atom. The Kier molecular flexibility index (Phi) is 6.44. The van der Waals surface area contributed by atoms with Crippen LogP contribution in [0.1, 0.15) is 38.5 Å². The number of hydrogen-bond donors (Lipinski definition) is 1. The lowest BCUT2D eigenvalue weighted by molar-refractivity contribution is 0.159. The van der Waals surface area contributed by atoms with Crippen LogP contribution in [-0.2, 0) is 6.54 Å². The monoisotopic (exact) mass is 258 g/mol. The average molecular weight is 258 g/mol. The van der Waals surface area contributed by atoms with E-state index in [-0.39, 0.29) is 0 Å². The van der Waals surface area contributed by atoms with Crippen LogP contribution in [0.3, 0.4) is 0 Å². The van der Waals surface area contributed by atoms with Crippen molar-refractivity contribution < 1.29 is 9.84 Å². The van der Waals surface area contributed by atoms with Crippen LogP contribution >= 0.6 is 11.8 Å². The van der Waals surface area contributed by atoms with Crippen molar-refractivity contribution in [3.05, 3.63) is 11.9 Å². The second-order valence-corrected chi connectivity index (χ2v) is 5.22. The highest BCUT2D eigenvalue weighted by molar-refractivity contribution is 7.99. The van der Waals surface area contributed by atoms with E-state index in [0.29, 0.717) is 5.75 Å². The fourth-order valence-corrected chi connectivity index (χ4v) is 2.42. The first-order valence-corrected chi connectivity index (χ1v) is 7.25. The maximum atomic E-state index is 10.2. The lowest BCUT2D eigenvalue weighted by atomic mass is 10.2. The number of aryl methyl sites for hydroxylation is 1. The highest BCUT2D eigenvalue weighted by Gasteiger charge is 2.19. The number of aromatic nitrogens is 2. The van der Waals surface area contributed by atoms with E-state index in [4.69, 9.17) is 4.74 Å². The number of thioether (sulfide) groups is 1. The third-order valence-corrected chi connectivity index (χ3v) is 3.49. The molecule has 1 rings (SSSR count). The molecule has 0 fully saturated rings. The lowest BCUT2D eigenvalue weighted by Gasteiger charge is -2.14. The van der Waals surface area contributed by atoms with E-state index < -0.39 is 6.10 Å². The minimum Gasteiger partial charge on any atom is -0.493 e. The minimum absolute atomic E-state index is 0.488. The van der Waals surface area contributed by atoms with Crippen LogP contribution in [0.5, 0.6) is 5.75 Å². The zero-order chi connectivity index (χ0) is 12.7. The summed E-state index contributed by atoms with van der Waals surface area (Å²) in [6, 6.07) is 0. The molecular formula is C12H22N2O2S. The molecular weight excluding hydrogens is 236 g/mol. The molecule has 1 atom stereocenters. The van der Waals surface area contributed by atoms with Gasteiger partial charge in [0, 0.05) is 6.54 Å². The molecule has 1 N–H and O–H groups in total. The third-order valence-electron chi connectivity index (χ3n) is 2.56. The molecule has 98 valence electrons. The summed E-state index contributed by atoms with van der Waals surface area (Å²) in [4.78, 5) is 0. The molecule has 1 unspecified atom stereocenters. The molecule has 0 aliphatic heterocycles. The fourth-order valence-electron chi connectivity index (χ4n) is 1.74. The van der Waals surface area contributed by atoms with Gasteiger partial charge in [-0.15, -0.1) is 0 Å². The second-order valence-electron chi connectivity index (χ2n) is 3.82. The molecule has 1 heterocycles. The second kappa shape index (κ2) is 7.61. The van der Waals surface area contributed by atoms with Gasteiger partial charge < -0.3 is 9.84 Å². The van der Waals surface area contributed by atoms with Gasteiger partial charge in [-0.05, 0) is 24.3 Å². The van der Waals surface area contributed by atoms with Gasteiger partial charge in [-0.3, -0.25) is 4.68 Å². The maximum Gasteiger partial charge on any atom is 0.162 e. The summed E-state index contributed by atoms with van der Waals surface area (Å²) in [7, 11) is 1.62. The smallest absolute Gasteiger partial charge is 0.162 e. The summed E-state index contributed by atoms with van der Waals surface area (Å²) in [5, 5.41) is 14.5. The van der Waals surface area contributed by atoms with Gasteiger partial charge in [0.15, 0.2) is 5.75 Å². The molecule has 0 aromatic carbocycles. The Morgan fingerprint density at radius 1 is 1.53 bits per heavy atom. The summed E-state index contributed by atoms with van der Waals surface area (Å²) in [6.07, 6.45) is 2.93. The van der Waals surface area contributed by atoms with Crippen LogP contribution in [0.15, 0.2) is 6.20 Å². The van der Waals surface area contributed by atoms with Crippen molar-refractivity contribution in [1.82, 2.24) is 9.78 Å². The van der Waals surface area contributed by atoms with E-state index in [9.17, 15) is 5.11 Å². The van der Waals surface area contributed by atoms with Gasteiger partial charge in [-0.2, -0.15) is 16.9 Å². The molecule has 4 nitrogen and oxygen atoms in total. The van der Waals surface area contributed by atoms with Gasteiger partial charge in [-0.1, -0.05) is 13.8 Å². The Bertz CT molecular complexity index is 328. The summed E-state index contributed by atoms with van der Waals surface area (Å²) in [5.41, 5.74) is 0.811. The molecule has 0 bridgehead atoms. The molecule has 0 aliphatic carbocycles.